The van der Waals surface area contributed by atoms with Crippen molar-refractivity contribution in [3.05, 3.63) is 46.1 Å². The van der Waals surface area contributed by atoms with E-state index in [-0.39, 0.29) is 37.4 Å². The summed E-state index contributed by atoms with van der Waals surface area (Å²) in [5, 5.41) is 5.15. The van der Waals surface area contributed by atoms with Crippen LogP contribution in [0.3, 0.4) is 0 Å². The zero-order chi connectivity index (χ0) is 21.7. The topological polar surface area (TPSA) is 129 Å². The quantitative estimate of drug-likeness (QED) is 0.622. The molecule has 160 valence electrons. The van der Waals surface area contributed by atoms with Gasteiger partial charge in [0.25, 0.3) is 0 Å². The molecular formula is C20H23N3O7. The molecule has 1 aliphatic heterocycles. The van der Waals surface area contributed by atoms with Crippen LogP contribution >= 0.6 is 0 Å². The monoisotopic (exact) mass is 417 g/mol. The zero-order valence-corrected chi connectivity index (χ0v) is 16.7. The number of nitrogens with zero attached hydrogens (tertiary/aromatic N) is 1. The Labute approximate surface area is 171 Å². The average Bonchev–Trinajstić information content (AvgIpc) is 3.05. The Bertz CT molecular complexity index is 1050. The molecule has 30 heavy (non-hydrogen) atoms. The van der Waals surface area contributed by atoms with Crippen molar-refractivity contribution >= 4 is 29.1 Å². The predicted octanol–water partition coefficient (Wildman–Crippen LogP) is 1.44. The first-order valence-corrected chi connectivity index (χ1v) is 9.66. The summed E-state index contributed by atoms with van der Waals surface area (Å²) in [6, 6.07) is 5.87. The maximum absolute atomic E-state index is 12.3. The van der Waals surface area contributed by atoms with Crippen LogP contribution in [0.2, 0.25) is 0 Å². The number of para-hydroxylation sites is 2. The number of esters is 2. The first kappa shape index (κ1) is 21.2. The molecule has 0 fully saturated rings. The van der Waals surface area contributed by atoms with Crippen molar-refractivity contribution in [1.82, 2.24) is 15.2 Å². The number of oxazole rings is 1. The molecule has 0 spiro atoms. The number of aryl methyl sites for hydroxylation is 1. The van der Waals surface area contributed by atoms with Gasteiger partial charge in [0.05, 0.1) is 35.9 Å². The Balaban J connectivity index is 1.68. The average molecular weight is 417 g/mol. The fourth-order valence-electron chi connectivity index (χ4n) is 3.23. The Hall–Kier alpha value is -3.56. The summed E-state index contributed by atoms with van der Waals surface area (Å²) < 4.78 is 16.8. The SMILES string of the molecule is CCOC(=O)C1=C(COC(=O)CCn2c(=O)oc3ccccc32)NC(=O)N[C@H]1CC. The molecule has 0 aliphatic carbocycles. The van der Waals surface area contributed by atoms with E-state index in [1.165, 1.54) is 4.57 Å². The van der Waals surface area contributed by atoms with Gasteiger partial charge in [0.15, 0.2) is 5.58 Å². The van der Waals surface area contributed by atoms with Gasteiger partial charge in [-0.3, -0.25) is 9.36 Å². The number of carbonyl (C=O) groups is 3. The number of hydrogen-bond acceptors (Lipinski definition) is 7. The van der Waals surface area contributed by atoms with E-state index < -0.39 is 29.8 Å². The van der Waals surface area contributed by atoms with Crippen LogP contribution in [0.1, 0.15) is 26.7 Å². The van der Waals surface area contributed by atoms with Crippen LogP contribution in [0.15, 0.2) is 44.7 Å². The minimum Gasteiger partial charge on any atom is -0.463 e. The molecule has 1 aromatic carbocycles. The fourth-order valence-corrected chi connectivity index (χ4v) is 3.23. The number of benzene rings is 1. The first-order valence-electron chi connectivity index (χ1n) is 9.66. The second-order valence-electron chi connectivity index (χ2n) is 6.57. The molecule has 0 unspecified atom stereocenters. The molecule has 2 N–H and O–H groups in total. The van der Waals surface area contributed by atoms with Crippen LogP contribution in [0.4, 0.5) is 4.79 Å². The number of urea groups is 1. The van der Waals surface area contributed by atoms with Crippen molar-refractivity contribution in [3.63, 3.8) is 0 Å². The van der Waals surface area contributed by atoms with E-state index in [1.54, 1.807) is 31.2 Å². The van der Waals surface area contributed by atoms with E-state index >= 15 is 0 Å². The summed E-state index contributed by atoms with van der Waals surface area (Å²) in [6.45, 7) is 3.44. The van der Waals surface area contributed by atoms with Crippen LogP contribution < -0.4 is 16.4 Å². The molecule has 0 radical (unpaired) electrons. The number of carbonyl (C=O) groups excluding carboxylic acids is 3. The maximum atomic E-state index is 12.3. The summed E-state index contributed by atoms with van der Waals surface area (Å²) in [5.41, 5.74) is 1.43. The number of fused-ring (bicyclic) bond motifs is 1. The van der Waals surface area contributed by atoms with Crippen LogP contribution in [-0.2, 0) is 25.6 Å². The standard InChI is InChI=1S/C20H23N3O7/c1-3-12-17(18(25)28-4-2)13(22-19(26)21-12)11-29-16(24)9-10-23-14-7-5-6-8-15(14)30-20(23)27/h5-8,12H,3-4,9-11H2,1-2H3,(H2,21,22,26)/t12-/m0/s1. The van der Waals surface area contributed by atoms with Crippen molar-refractivity contribution in [2.24, 2.45) is 0 Å². The van der Waals surface area contributed by atoms with Crippen molar-refractivity contribution in [2.75, 3.05) is 13.2 Å². The highest BCUT2D eigenvalue weighted by molar-refractivity contribution is 5.94. The van der Waals surface area contributed by atoms with Crippen LogP contribution in [0.5, 0.6) is 0 Å². The number of rotatable bonds is 8. The molecule has 2 heterocycles. The molecule has 0 saturated heterocycles. The van der Waals surface area contributed by atoms with Gasteiger partial charge >= 0.3 is 23.7 Å². The molecule has 1 aliphatic rings. The molecular weight excluding hydrogens is 394 g/mol. The summed E-state index contributed by atoms with van der Waals surface area (Å²) in [7, 11) is 0. The molecule has 0 bridgehead atoms. The first-order chi connectivity index (χ1) is 14.4. The van der Waals surface area contributed by atoms with Gasteiger partial charge in [0.2, 0.25) is 0 Å². The lowest BCUT2D eigenvalue weighted by Crippen LogP contribution is -2.51. The molecule has 10 nitrogen and oxygen atoms in total. The summed E-state index contributed by atoms with van der Waals surface area (Å²) >= 11 is 0. The third-order valence-corrected chi connectivity index (χ3v) is 4.64. The summed E-state index contributed by atoms with van der Waals surface area (Å²) in [5.74, 6) is -1.74. The van der Waals surface area contributed by atoms with Gasteiger partial charge in [-0.1, -0.05) is 19.1 Å². The number of aromatic nitrogens is 1. The minimum absolute atomic E-state index is 0.0734. The van der Waals surface area contributed by atoms with E-state index in [0.29, 0.717) is 17.5 Å². The van der Waals surface area contributed by atoms with Gasteiger partial charge in [-0.25, -0.2) is 14.4 Å². The number of nitrogens with one attached hydrogen (secondary N) is 2. The van der Waals surface area contributed by atoms with E-state index in [4.69, 9.17) is 13.9 Å². The second kappa shape index (κ2) is 9.29. The van der Waals surface area contributed by atoms with Crippen molar-refractivity contribution in [1.29, 1.82) is 0 Å². The molecule has 0 saturated carbocycles. The van der Waals surface area contributed by atoms with Gasteiger partial charge in [-0.15, -0.1) is 0 Å². The van der Waals surface area contributed by atoms with E-state index in [9.17, 15) is 19.2 Å². The van der Waals surface area contributed by atoms with E-state index in [1.807, 2.05) is 6.92 Å². The van der Waals surface area contributed by atoms with Crippen LogP contribution in [0.25, 0.3) is 11.1 Å². The second-order valence-corrected chi connectivity index (χ2v) is 6.57. The fraction of sp³-hybridized carbons (Fsp3) is 0.400. The highest BCUT2D eigenvalue weighted by Crippen LogP contribution is 2.18. The normalized spacial score (nSPS) is 16.2. The van der Waals surface area contributed by atoms with Gasteiger partial charge < -0.3 is 24.5 Å². The highest BCUT2D eigenvalue weighted by Gasteiger charge is 2.32. The molecule has 3 rings (SSSR count). The molecule has 10 heteroatoms. The van der Waals surface area contributed by atoms with Gasteiger partial charge in [0.1, 0.15) is 6.61 Å². The number of ether oxygens (including phenoxy) is 2. The summed E-state index contributed by atoms with van der Waals surface area (Å²) in [6.07, 6.45) is 0.379. The largest absolute Gasteiger partial charge is 0.463 e. The minimum atomic E-state index is -0.594. The van der Waals surface area contributed by atoms with Crippen molar-refractivity contribution < 1.29 is 28.3 Å². The third kappa shape index (κ3) is 4.53. The zero-order valence-electron chi connectivity index (χ0n) is 16.7. The highest BCUT2D eigenvalue weighted by atomic mass is 16.5. The maximum Gasteiger partial charge on any atom is 0.419 e. The molecule has 2 aromatic rings. The lowest BCUT2D eigenvalue weighted by molar-refractivity contribution is -0.144. The van der Waals surface area contributed by atoms with Crippen molar-refractivity contribution in [2.45, 2.75) is 39.3 Å². The van der Waals surface area contributed by atoms with E-state index in [0.717, 1.165) is 0 Å². The Morgan fingerprint density at radius 3 is 2.67 bits per heavy atom. The van der Waals surface area contributed by atoms with E-state index in [2.05, 4.69) is 10.6 Å². The number of hydrogen-bond donors (Lipinski definition) is 2. The summed E-state index contributed by atoms with van der Waals surface area (Å²) in [4.78, 5) is 48.4. The third-order valence-electron chi connectivity index (χ3n) is 4.64. The van der Waals surface area contributed by atoms with Gasteiger partial charge in [-0.2, -0.15) is 0 Å². The lowest BCUT2D eigenvalue weighted by Gasteiger charge is -2.28. The Kier molecular flexibility index (Phi) is 6.55. The lowest BCUT2D eigenvalue weighted by atomic mass is 10.0. The molecule has 1 atom stereocenters. The molecule has 2 amide bonds. The van der Waals surface area contributed by atoms with Gasteiger partial charge in [0, 0.05) is 6.54 Å². The Morgan fingerprint density at radius 2 is 1.93 bits per heavy atom. The van der Waals surface area contributed by atoms with Gasteiger partial charge in [-0.05, 0) is 25.5 Å². The predicted molar refractivity (Wildman–Crippen MR) is 105 cm³/mol. The van der Waals surface area contributed by atoms with Crippen LogP contribution in [0, 0.1) is 0 Å². The number of amides is 2. The van der Waals surface area contributed by atoms with Crippen molar-refractivity contribution in [3.8, 4) is 0 Å². The van der Waals surface area contributed by atoms with Crippen LogP contribution in [-0.4, -0.2) is 41.8 Å². The molecule has 1 aromatic heterocycles. The Morgan fingerprint density at radius 1 is 1.17 bits per heavy atom. The smallest absolute Gasteiger partial charge is 0.419 e.